The summed E-state index contributed by atoms with van der Waals surface area (Å²) >= 11 is 0. The van der Waals surface area contributed by atoms with E-state index in [0.29, 0.717) is 17.5 Å². The zero-order valence-corrected chi connectivity index (χ0v) is 15.3. The predicted octanol–water partition coefficient (Wildman–Crippen LogP) is 2.99. The van der Waals surface area contributed by atoms with Gasteiger partial charge in [-0.3, -0.25) is 4.79 Å². The highest BCUT2D eigenvalue weighted by molar-refractivity contribution is 5.95. The Labute approximate surface area is 158 Å². The fourth-order valence-corrected chi connectivity index (χ4v) is 2.58. The Morgan fingerprint density at radius 3 is 2.52 bits per heavy atom. The van der Waals surface area contributed by atoms with E-state index in [1.807, 2.05) is 30.3 Å². The molecule has 0 fully saturated rings. The minimum absolute atomic E-state index is 0.0265. The highest BCUT2D eigenvalue weighted by Crippen LogP contribution is 2.20. The molecule has 3 N–H and O–H groups in total. The van der Waals surface area contributed by atoms with Crippen LogP contribution in [0.4, 0.5) is 4.79 Å². The molecule has 2 aromatic rings. The van der Waals surface area contributed by atoms with Crippen LogP contribution in [-0.4, -0.2) is 34.7 Å². The van der Waals surface area contributed by atoms with Gasteiger partial charge in [-0.05, 0) is 23.6 Å². The van der Waals surface area contributed by atoms with Crippen LogP contribution in [0.1, 0.15) is 47.4 Å². The number of nitrogens with one attached hydrogen (secondary N) is 1. The summed E-state index contributed by atoms with van der Waals surface area (Å²) in [6, 6.07) is 15.9. The molecular weight excluding hydrogens is 346 g/mol. The zero-order valence-electron chi connectivity index (χ0n) is 15.3. The van der Waals surface area contributed by atoms with Gasteiger partial charge in [-0.1, -0.05) is 55.5 Å². The van der Waals surface area contributed by atoms with Crippen molar-refractivity contribution in [3.8, 4) is 0 Å². The van der Waals surface area contributed by atoms with Gasteiger partial charge >= 0.3 is 6.09 Å². The lowest BCUT2D eigenvalue weighted by Gasteiger charge is -2.19. The Bertz CT molecular complexity index is 747. The summed E-state index contributed by atoms with van der Waals surface area (Å²) in [5.74, 6) is -0.0265. The van der Waals surface area contributed by atoms with E-state index in [2.05, 4.69) is 5.32 Å². The van der Waals surface area contributed by atoms with Crippen LogP contribution in [0.2, 0.25) is 0 Å². The molecule has 0 radical (unpaired) electrons. The first-order chi connectivity index (χ1) is 13.0. The number of alkyl carbamates (subject to hydrolysis) is 1. The van der Waals surface area contributed by atoms with Gasteiger partial charge in [-0.2, -0.15) is 0 Å². The van der Waals surface area contributed by atoms with Crippen molar-refractivity contribution in [2.75, 3.05) is 6.54 Å². The number of carbonyl (C=O) groups excluding carboxylic acids is 2. The second-order valence-corrected chi connectivity index (χ2v) is 6.19. The first kappa shape index (κ1) is 20.6. The smallest absolute Gasteiger partial charge is 0.407 e. The molecule has 6 heteroatoms. The Kier molecular flexibility index (Phi) is 7.98. The van der Waals surface area contributed by atoms with Gasteiger partial charge in [-0.25, -0.2) is 4.79 Å². The topological polar surface area (TPSA) is 95.9 Å². The van der Waals surface area contributed by atoms with Crippen molar-refractivity contribution < 1.29 is 24.5 Å². The molecule has 0 saturated heterocycles. The number of ether oxygens (including phenoxy) is 1. The highest BCUT2D eigenvalue weighted by Gasteiger charge is 2.19. The molecule has 2 atom stereocenters. The monoisotopic (exact) mass is 371 g/mol. The quantitative estimate of drug-likeness (QED) is 0.589. The first-order valence-electron chi connectivity index (χ1n) is 8.95. The Morgan fingerprint density at radius 2 is 1.81 bits per heavy atom. The molecule has 2 unspecified atom stereocenters. The van der Waals surface area contributed by atoms with E-state index in [1.54, 1.807) is 31.2 Å². The van der Waals surface area contributed by atoms with Crippen molar-refractivity contribution in [3.05, 3.63) is 71.3 Å². The lowest BCUT2D eigenvalue weighted by atomic mass is 9.98. The van der Waals surface area contributed by atoms with Gasteiger partial charge in [-0.15, -0.1) is 0 Å². The number of aliphatic hydroxyl groups excluding tert-OH is 2. The van der Waals surface area contributed by atoms with E-state index in [-0.39, 0.29) is 25.4 Å². The average molecular weight is 371 g/mol. The number of ketones is 1. The van der Waals surface area contributed by atoms with E-state index in [0.717, 1.165) is 5.56 Å². The summed E-state index contributed by atoms with van der Waals surface area (Å²) < 4.78 is 5.08. The number of aliphatic hydroxyl groups is 2. The molecule has 0 aromatic heterocycles. The zero-order chi connectivity index (χ0) is 19.6. The number of benzene rings is 2. The molecule has 144 valence electrons. The number of rotatable bonds is 9. The van der Waals surface area contributed by atoms with Crippen LogP contribution in [-0.2, 0) is 11.3 Å². The standard InChI is InChI=1S/C21H25NO5/c1-2-18(23)16-9-6-10-17(13-16)20(25)19(24)11-12-22-21(26)27-14-15-7-4-3-5-8-15/h3-10,13,19-20,24-25H,2,11-12,14H2,1H3,(H,22,26). The van der Waals surface area contributed by atoms with Gasteiger partial charge in [0, 0.05) is 18.5 Å². The minimum Gasteiger partial charge on any atom is -0.445 e. The second-order valence-electron chi connectivity index (χ2n) is 6.19. The van der Waals surface area contributed by atoms with Gasteiger partial charge in [0.15, 0.2) is 5.78 Å². The van der Waals surface area contributed by atoms with Crippen molar-refractivity contribution >= 4 is 11.9 Å². The number of hydrogen-bond acceptors (Lipinski definition) is 5. The van der Waals surface area contributed by atoms with Gasteiger partial charge in [0.2, 0.25) is 0 Å². The summed E-state index contributed by atoms with van der Waals surface area (Å²) in [6.45, 7) is 2.08. The van der Waals surface area contributed by atoms with Crippen LogP contribution in [0, 0.1) is 0 Å². The summed E-state index contributed by atoms with van der Waals surface area (Å²) in [4.78, 5) is 23.4. The summed E-state index contributed by atoms with van der Waals surface area (Å²) in [6.07, 6.45) is -2.29. The molecule has 27 heavy (non-hydrogen) atoms. The molecule has 0 heterocycles. The summed E-state index contributed by atoms with van der Waals surface area (Å²) in [7, 11) is 0. The van der Waals surface area contributed by atoms with E-state index in [1.165, 1.54) is 0 Å². The molecule has 0 saturated carbocycles. The third kappa shape index (κ3) is 6.51. The maximum Gasteiger partial charge on any atom is 0.407 e. The Hall–Kier alpha value is -2.70. The number of hydrogen-bond donors (Lipinski definition) is 3. The summed E-state index contributed by atoms with van der Waals surface area (Å²) in [5.41, 5.74) is 1.85. The molecule has 0 spiro atoms. The molecule has 2 rings (SSSR count). The lowest BCUT2D eigenvalue weighted by molar-refractivity contribution is 0.0136. The van der Waals surface area contributed by atoms with Gasteiger partial charge in [0.1, 0.15) is 12.7 Å². The Balaban J connectivity index is 1.77. The van der Waals surface area contributed by atoms with Crippen LogP contribution >= 0.6 is 0 Å². The number of carbonyl (C=O) groups is 2. The van der Waals surface area contributed by atoms with Crippen LogP contribution < -0.4 is 5.32 Å². The molecule has 0 aliphatic rings. The molecule has 6 nitrogen and oxygen atoms in total. The molecule has 0 aliphatic heterocycles. The molecule has 1 amide bonds. The SMILES string of the molecule is CCC(=O)c1cccc(C(O)C(O)CCNC(=O)OCc2ccccc2)c1. The van der Waals surface area contributed by atoms with E-state index >= 15 is 0 Å². The van der Waals surface area contributed by atoms with Crippen LogP contribution in [0.3, 0.4) is 0 Å². The molecular formula is C21H25NO5. The highest BCUT2D eigenvalue weighted by atomic mass is 16.5. The van der Waals surface area contributed by atoms with Crippen molar-refractivity contribution in [1.29, 1.82) is 0 Å². The Morgan fingerprint density at radius 1 is 1.07 bits per heavy atom. The second kappa shape index (κ2) is 10.4. The largest absolute Gasteiger partial charge is 0.445 e. The van der Waals surface area contributed by atoms with E-state index in [9.17, 15) is 19.8 Å². The van der Waals surface area contributed by atoms with Gasteiger partial charge in [0.05, 0.1) is 6.10 Å². The van der Waals surface area contributed by atoms with Crippen molar-refractivity contribution in [2.45, 2.75) is 38.6 Å². The average Bonchev–Trinajstić information content (AvgIpc) is 2.71. The fraction of sp³-hybridized carbons (Fsp3) is 0.333. The maximum atomic E-state index is 11.8. The van der Waals surface area contributed by atoms with Crippen molar-refractivity contribution in [1.82, 2.24) is 5.32 Å². The molecule has 2 aromatic carbocycles. The van der Waals surface area contributed by atoms with E-state index < -0.39 is 18.3 Å². The first-order valence-corrected chi connectivity index (χ1v) is 8.95. The minimum atomic E-state index is -1.14. The molecule has 0 aliphatic carbocycles. The van der Waals surface area contributed by atoms with Crippen molar-refractivity contribution in [3.63, 3.8) is 0 Å². The molecule has 0 bridgehead atoms. The van der Waals surface area contributed by atoms with E-state index in [4.69, 9.17) is 4.74 Å². The normalized spacial score (nSPS) is 12.9. The van der Waals surface area contributed by atoms with Crippen LogP contribution in [0.5, 0.6) is 0 Å². The van der Waals surface area contributed by atoms with Crippen molar-refractivity contribution in [2.24, 2.45) is 0 Å². The third-order valence-electron chi connectivity index (χ3n) is 4.16. The fourth-order valence-electron chi connectivity index (χ4n) is 2.58. The predicted molar refractivity (Wildman–Crippen MR) is 101 cm³/mol. The maximum absolute atomic E-state index is 11.8. The van der Waals surface area contributed by atoms with Crippen LogP contribution in [0.15, 0.2) is 54.6 Å². The van der Waals surface area contributed by atoms with Gasteiger partial charge < -0.3 is 20.3 Å². The number of amides is 1. The summed E-state index contributed by atoms with van der Waals surface area (Å²) in [5, 5.41) is 23.0. The van der Waals surface area contributed by atoms with Gasteiger partial charge in [0.25, 0.3) is 0 Å². The third-order valence-corrected chi connectivity index (χ3v) is 4.16. The van der Waals surface area contributed by atoms with Crippen LogP contribution in [0.25, 0.3) is 0 Å². The number of Topliss-reactive ketones (excluding diaryl/α,β-unsaturated/α-hetero) is 1. The lowest BCUT2D eigenvalue weighted by Crippen LogP contribution is -2.29.